The highest BCUT2D eigenvalue weighted by Gasteiger charge is 2.31. The Morgan fingerprint density at radius 3 is 2.46 bits per heavy atom. The zero-order valence-corrected chi connectivity index (χ0v) is 15.3. The van der Waals surface area contributed by atoms with Gasteiger partial charge in [-0.1, -0.05) is 25.1 Å². The Balaban J connectivity index is 2.02. The van der Waals surface area contributed by atoms with Crippen molar-refractivity contribution < 1.29 is 26.4 Å². The van der Waals surface area contributed by atoms with Gasteiger partial charge in [0, 0.05) is 11.6 Å². The fourth-order valence-corrected chi connectivity index (χ4v) is 3.51. The lowest BCUT2D eigenvalue weighted by Gasteiger charge is -2.11. The number of sulfone groups is 1. The summed E-state index contributed by atoms with van der Waals surface area (Å²) in [5.41, 5.74) is -0.908. The molecule has 0 aliphatic heterocycles. The zero-order valence-electron chi connectivity index (χ0n) is 14.5. The topological polar surface area (TPSA) is 89.0 Å². The van der Waals surface area contributed by atoms with Gasteiger partial charge in [-0.15, -0.1) is 0 Å². The van der Waals surface area contributed by atoms with Crippen molar-refractivity contribution in [3.63, 3.8) is 0 Å². The maximum Gasteiger partial charge on any atom is 0.417 e. The number of alkyl halides is 3. The number of anilines is 1. The maximum absolute atomic E-state index is 12.6. The van der Waals surface area contributed by atoms with Crippen molar-refractivity contribution >= 4 is 32.5 Å². The van der Waals surface area contributed by atoms with E-state index in [1.54, 1.807) is 24.3 Å². The van der Waals surface area contributed by atoms with Crippen molar-refractivity contribution in [3.8, 4) is 0 Å². The van der Waals surface area contributed by atoms with Crippen LogP contribution in [0.15, 0.2) is 53.6 Å². The van der Waals surface area contributed by atoms with Crippen molar-refractivity contribution in [3.05, 3.63) is 59.9 Å². The highest BCUT2D eigenvalue weighted by Crippen LogP contribution is 2.29. The molecule has 2 aromatic heterocycles. The molecule has 0 aliphatic rings. The third-order valence-corrected chi connectivity index (χ3v) is 5.69. The number of amides is 1. The monoisotopic (exact) mass is 409 g/mol. The fraction of sp³-hybridized carbons (Fsp3) is 0.167. The predicted molar refractivity (Wildman–Crippen MR) is 96.7 cm³/mol. The Morgan fingerprint density at radius 2 is 1.86 bits per heavy atom. The van der Waals surface area contributed by atoms with Crippen LogP contribution in [0.5, 0.6) is 0 Å². The number of aromatic nitrogens is 2. The maximum atomic E-state index is 12.6. The van der Waals surface area contributed by atoms with E-state index in [1.807, 2.05) is 0 Å². The Kier molecular flexibility index (Phi) is 5.07. The first-order valence-electron chi connectivity index (χ1n) is 8.09. The van der Waals surface area contributed by atoms with E-state index in [1.165, 1.54) is 13.0 Å². The SMILES string of the molecule is CCS(=O)(=O)c1cc2ccccc2nc1C(=O)Nc1ccc(C(F)(F)F)cn1. The van der Waals surface area contributed by atoms with Gasteiger partial charge in [-0.25, -0.2) is 18.4 Å². The summed E-state index contributed by atoms with van der Waals surface area (Å²) in [6.45, 7) is 1.43. The molecule has 0 saturated heterocycles. The van der Waals surface area contributed by atoms with Gasteiger partial charge >= 0.3 is 6.18 Å². The van der Waals surface area contributed by atoms with Gasteiger partial charge in [0.15, 0.2) is 9.84 Å². The molecule has 3 aromatic rings. The van der Waals surface area contributed by atoms with Crippen LogP contribution in [-0.4, -0.2) is 30.0 Å². The average Bonchev–Trinajstić information content (AvgIpc) is 2.66. The van der Waals surface area contributed by atoms with Gasteiger partial charge in [-0.3, -0.25) is 4.79 Å². The summed E-state index contributed by atoms with van der Waals surface area (Å²) in [6, 6.07) is 9.77. The van der Waals surface area contributed by atoms with E-state index in [0.717, 1.165) is 12.1 Å². The summed E-state index contributed by atoms with van der Waals surface area (Å²) >= 11 is 0. The summed E-state index contributed by atoms with van der Waals surface area (Å²) in [6.07, 6.45) is -3.98. The molecule has 0 fully saturated rings. The first-order valence-corrected chi connectivity index (χ1v) is 9.74. The number of carbonyl (C=O) groups is 1. The van der Waals surface area contributed by atoms with Gasteiger partial charge in [0.05, 0.1) is 21.7 Å². The van der Waals surface area contributed by atoms with E-state index in [9.17, 15) is 26.4 Å². The molecule has 6 nitrogen and oxygen atoms in total. The lowest BCUT2D eigenvalue weighted by molar-refractivity contribution is -0.137. The Labute approximate surface area is 158 Å². The van der Waals surface area contributed by atoms with Gasteiger partial charge < -0.3 is 5.32 Å². The van der Waals surface area contributed by atoms with Crippen LogP contribution in [0.2, 0.25) is 0 Å². The standard InChI is InChI=1S/C18H14F3N3O3S/c1-2-28(26,27)14-9-11-5-3-4-6-13(11)23-16(14)17(25)24-15-8-7-12(10-22-15)18(19,20)21/h3-10H,2H2,1H3,(H,22,24,25). The van der Waals surface area contributed by atoms with E-state index < -0.39 is 27.5 Å². The molecule has 1 N–H and O–H groups in total. The molecule has 0 radical (unpaired) electrons. The number of hydrogen-bond donors (Lipinski definition) is 1. The summed E-state index contributed by atoms with van der Waals surface area (Å²) < 4.78 is 62.7. The third-order valence-electron chi connectivity index (χ3n) is 3.95. The molecule has 1 aromatic carbocycles. The van der Waals surface area contributed by atoms with E-state index in [0.29, 0.717) is 17.1 Å². The summed E-state index contributed by atoms with van der Waals surface area (Å²) in [7, 11) is -3.78. The van der Waals surface area contributed by atoms with Gasteiger partial charge in [0.2, 0.25) is 0 Å². The fourth-order valence-electron chi connectivity index (χ4n) is 2.46. The molecule has 0 saturated carbocycles. The van der Waals surface area contributed by atoms with Crippen molar-refractivity contribution in [1.82, 2.24) is 9.97 Å². The van der Waals surface area contributed by atoms with Crippen molar-refractivity contribution in [2.45, 2.75) is 18.0 Å². The predicted octanol–water partition coefficient (Wildman–Crippen LogP) is 3.69. The molecular weight excluding hydrogens is 395 g/mol. The number of nitrogens with one attached hydrogen (secondary N) is 1. The molecule has 0 atom stereocenters. The molecule has 2 heterocycles. The van der Waals surface area contributed by atoms with Crippen LogP contribution in [0, 0.1) is 0 Å². The molecule has 0 aliphatic carbocycles. The van der Waals surface area contributed by atoms with E-state index in [4.69, 9.17) is 0 Å². The quantitative estimate of drug-likeness (QED) is 0.710. The molecule has 0 unspecified atom stereocenters. The van der Waals surface area contributed by atoms with Crippen LogP contribution < -0.4 is 5.32 Å². The molecule has 0 bridgehead atoms. The lowest BCUT2D eigenvalue weighted by Crippen LogP contribution is -2.20. The van der Waals surface area contributed by atoms with Gasteiger partial charge in [0.1, 0.15) is 11.5 Å². The van der Waals surface area contributed by atoms with Crippen LogP contribution in [0.1, 0.15) is 23.0 Å². The van der Waals surface area contributed by atoms with E-state index >= 15 is 0 Å². The minimum absolute atomic E-state index is 0.159. The number of pyridine rings is 2. The van der Waals surface area contributed by atoms with Gasteiger partial charge in [0.25, 0.3) is 5.91 Å². The van der Waals surface area contributed by atoms with E-state index in [-0.39, 0.29) is 22.2 Å². The average molecular weight is 409 g/mol. The Bertz CT molecular complexity index is 1140. The first kappa shape index (κ1) is 19.7. The molecule has 10 heteroatoms. The molecular formula is C18H14F3N3O3S. The van der Waals surface area contributed by atoms with Gasteiger partial charge in [-0.2, -0.15) is 13.2 Å². The second kappa shape index (κ2) is 7.19. The second-order valence-electron chi connectivity index (χ2n) is 5.82. The van der Waals surface area contributed by atoms with Crippen LogP contribution in [0.3, 0.4) is 0 Å². The van der Waals surface area contributed by atoms with E-state index in [2.05, 4.69) is 15.3 Å². The lowest BCUT2D eigenvalue weighted by atomic mass is 10.2. The number of nitrogens with zero attached hydrogens (tertiary/aromatic N) is 2. The van der Waals surface area contributed by atoms with Crippen LogP contribution >= 0.6 is 0 Å². The molecule has 146 valence electrons. The van der Waals surface area contributed by atoms with Crippen molar-refractivity contribution in [2.24, 2.45) is 0 Å². The number of halogens is 3. The van der Waals surface area contributed by atoms with Crippen molar-refractivity contribution in [1.29, 1.82) is 0 Å². The number of para-hydroxylation sites is 1. The first-order chi connectivity index (χ1) is 13.1. The molecule has 1 amide bonds. The summed E-state index contributed by atoms with van der Waals surface area (Å²) in [5, 5.41) is 2.83. The minimum atomic E-state index is -4.56. The smallest absolute Gasteiger partial charge is 0.305 e. The number of carbonyl (C=O) groups excluding carboxylic acids is 1. The van der Waals surface area contributed by atoms with Crippen molar-refractivity contribution in [2.75, 3.05) is 11.1 Å². The largest absolute Gasteiger partial charge is 0.417 e. The normalized spacial score (nSPS) is 12.1. The Hall–Kier alpha value is -3.01. The summed E-state index contributed by atoms with van der Waals surface area (Å²) in [4.78, 5) is 20.1. The minimum Gasteiger partial charge on any atom is -0.305 e. The number of hydrogen-bond acceptors (Lipinski definition) is 5. The number of benzene rings is 1. The molecule has 0 spiro atoms. The highest BCUT2D eigenvalue weighted by atomic mass is 32.2. The van der Waals surface area contributed by atoms with Crippen LogP contribution in [-0.2, 0) is 16.0 Å². The Morgan fingerprint density at radius 1 is 1.14 bits per heavy atom. The number of fused-ring (bicyclic) bond motifs is 1. The van der Waals surface area contributed by atoms with Crippen LogP contribution in [0.4, 0.5) is 19.0 Å². The van der Waals surface area contributed by atoms with Gasteiger partial charge in [-0.05, 0) is 24.3 Å². The number of rotatable bonds is 4. The third kappa shape index (κ3) is 3.96. The van der Waals surface area contributed by atoms with Crippen LogP contribution in [0.25, 0.3) is 10.9 Å². The molecule has 28 heavy (non-hydrogen) atoms. The highest BCUT2D eigenvalue weighted by molar-refractivity contribution is 7.91. The second-order valence-corrected chi connectivity index (χ2v) is 8.06. The zero-order chi connectivity index (χ0) is 20.5. The molecule has 3 rings (SSSR count). The summed E-state index contributed by atoms with van der Waals surface area (Å²) in [5.74, 6) is -1.29.